The number of rotatable bonds is 39. The van der Waals surface area contributed by atoms with Crippen LogP contribution in [0.4, 0.5) is 0 Å². The summed E-state index contributed by atoms with van der Waals surface area (Å²) in [6.45, 7) is 6.12. The Morgan fingerprint density at radius 1 is 0.350 bits per heavy atom. The second kappa shape index (κ2) is 47.2. The smallest absolute Gasteiger partial charge is 0.306 e. The van der Waals surface area contributed by atoms with Crippen molar-refractivity contribution in [1.29, 1.82) is 0 Å². The molecule has 0 saturated heterocycles. The van der Waals surface area contributed by atoms with Crippen LogP contribution < -0.4 is 0 Å². The van der Waals surface area contributed by atoms with Gasteiger partial charge < -0.3 is 14.2 Å². The van der Waals surface area contributed by atoms with Crippen molar-refractivity contribution in [2.24, 2.45) is 0 Å². The number of allylic oxidation sites excluding steroid dienone is 22. The lowest BCUT2D eigenvalue weighted by Gasteiger charge is -2.18. The van der Waals surface area contributed by atoms with Crippen molar-refractivity contribution in [3.8, 4) is 0 Å². The highest BCUT2D eigenvalue weighted by atomic mass is 16.6. The molecule has 6 nitrogen and oxygen atoms in total. The van der Waals surface area contributed by atoms with Gasteiger partial charge in [-0.3, -0.25) is 14.4 Å². The lowest BCUT2D eigenvalue weighted by atomic mass is 10.1. The first kappa shape index (κ1) is 55.5. The van der Waals surface area contributed by atoms with Gasteiger partial charge in [0.2, 0.25) is 0 Å². The molecule has 0 saturated carbocycles. The Bertz CT molecular complexity index is 1370. The molecule has 60 heavy (non-hydrogen) atoms. The molecule has 0 aliphatic heterocycles. The van der Waals surface area contributed by atoms with Crippen molar-refractivity contribution >= 4 is 17.9 Å². The van der Waals surface area contributed by atoms with Gasteiger partial charge in [-0.15, -0.1) is 0 Å². The fourth-order valence-electron chi connectivity index (χ4n) is 5.65. The lowest BCUT2D eigenvalue weighted by Crippen LogP contribution is -2.30. The maximum Gasteiger partial charge on any atom is 0.306 e. The zero-order chi connectivity index (χ0) is 43.7. The van der Waals surface area contributed by atoms with E-state index in [9.17, 15) is 14.4 Å². The summed E-state index contributed by atoms with van der Waals surface area (Å²) in [6.07, 6.45) is 65.8. The van der Waals surface area contributed by atoms with E-state index < -0.39 is 6.10 Å². The van der Waals surface area contributed by atoms with E-state index >= 15 is 0 Å². The van der Waals surface area contributed by atoms with Crippen LogP contribution in [0, 0.1) is 0 Å². The third-order valence-electron chi connectivity index (χ3n) is 9.07. The fourth-order valence-corrected chi connectivity index (χ4v) is 5.65. The zero-order valence-electron chi connectivity index (χ0n) is 37.9. The Kier molecular flexibility index (Phi) is 43.7. The van der Waals surface area contributed by atoms with Crippen LogP contribution in [0.15, 0.2) is 134 Å². The van der Waals surface area contributed by atoms with Crippen molar-refractivity contribution in [3.05, 3.63) is 134 Å². The van der Waals surface area contributed by atoms with Crippen molar-refractivity contribution in [2.75, 3.05) is 13.2 Å². The van der Waals surface area contributed by atoms with E-state index in [0.717, 1.165) is 109 Å². The summed E-state index contributed by atoms with van der Waals surface area (Å²) in [5, 5.41) is 0. The molecule has 0 heterocycles. The highest BCUT2D eigenvalue weighted by molar-refractivity contribution is 5.71. The molecule has 0 fully saturated rings. The molecule has 0 aromatic carbocycles. The molecule has 0 aliphatic carbocycles. The summed E-state index contributed by atoms with van der Waals surface area (Å²) >= 11 is 0. The van der Waals surface area contributed by atoms with Gasteiger partial charge in [0.15, 0.2) is 6.10 Å². The Hall–Kier alpha value is -4.45. The van der Waals surface area contributed by atoms with Crippen LogP contribution in [0.5, 0.6) is 0 Å². The molecule has 0 aliphatic rings. The Morgan fingerprint density at radius 3 is 1.15 bits per heavy atom. The second-order valence-corrected chi connectivity index (χ2v) is 14.7. The van der Waals surface area contributed by atoms with Crippen LogP contribution in [0.2, 0.25) is 0 Å². The maximum absolute atomic E-state index is 12.7. The number of hydrogen-bond donors (Lipinski definition) is 0. The zero-order valence-corrected chi connectivity index (χ0v) is 37.9. The van der Waals surface area contributed by atoms with E-state index in [-0.39, 0.29) is 37.5 Å². The molecule has 1 atom stereocenters. The second-order valence-electron chi connectivity index (χ2n) is 14.7. The van der Waals surface area contributed by atoms with E-state index in [4.69, 9.17) is 14.2 Å². The summed E-state index contributed by atoms with van der Waals surface area (Å²) in [4.78, 5) is 37.8. The van der Waals surface area contributed by atoms with Gasteiger partial charge in [0.1, 0.15) is 13.2 Å². The average molecular weight is 827 g/mol. The van der Waals surface area contributed by atoms with E-state index in [1.54, 1.807) is 0 Å². The maximum atomic E-state index is 12.7. The number of unbranched alkanes of at least 4 members (excludes halogenated alkanes) is 12. The molecule has 1 unspecified atom stereocenters. The van der Waals surface area contributed by atoms with Crippen molar-refractivity contribution in [2.45, 2.75) is 175 Å². The van der Waals surface area contributed by atoms with Crippen LogP contribution in [0.3, 0.4) is 0 Å². The van der Waals surface area contributed by atoms with E-state index in [1.807, 2.05) is 72.9 Å². The monoisotopic (exact) mass is 827 g/mol. The minimum atomic E-state index is -0.824. The van der Waals surface area contributed by atoms with Gasteiger partial charge in [0.05, 0.1) is 0 Å². The van der Waals surface area contributed by atoms with E-state index in [2.05, 4.69) is 81.5 Å². The van der Waals surface area contributed by atoms with Crippen LogP contribution in [0.25, 0.3) is 0 Å². The van der Waals surface area contributed by atoms with Gasteiger partial charge in [0, 0.05) is 19.3 Å². The molecular formula is C54H82O6. The SMILES string of the molecule is CC\C=C/C=C\C=C/C=C\CCCCCC(=O)OCC(COC(=O)CCCCCCCC/C=C\C/C=C\C/C=C\CC)OC(=O)CCCCC\C=C/C=C\C=C/C=C\CC. The first-order valence-corrected chi connectivity index (χ1v) is 23.3. The minimum Gasteiger partial charge on any atom is -0.462 e. The fraction of sp³-hybridized carbons (Fsp3) is 0.537. The topological polar surface area (TPSA) is 78.9 Å². The van der Waals surface area contributed by atoms with E-state index in [0.29, 0.717) is 19.3 Å². The number of esters is 3. The molecule has 0 amide bonds. The van der Waals surface area contributed by atoms with Crippen LogP contribution in [-0.4, -0.2) is 37.2 Å². The number of carbonyl (C=O) groups excluding carboxylic acids is 3. The summed E-state index contributed by atoms with van der Waals surface area (Å²) in [6, 6.07) is 0. The van der Waals surface area contributed by atoms with Gasteiger partial charge in [0.25, 0.3) is 0 Å². The Morgan fingerprint density at radius 2 is 0.683 bits per heavy atom. The summed E-state index contributed by atoms with van der Waals surface area (Å²) in [5.41, 5.74) is 0. The van der Waals surface area contributed by atoms with Crippen LogP contribution >= 0.6 is 0 Å². The average Bonchev–Trinajstić information content (AvgIpc) is 3.24. The highest BCUT2D eigenvalue weighted by Crippen LogP contribution is 2.12. The molecule has 0 rings (SSSR count). The largest absolute Gasteiger partial charge is 0.462 e. The molecule has 0 aromatic rings. The normalized spacial score (nSPS) is 13.3. The van der Waals surface area contributed by atoms with Gasteiger partial charge >= 0.3 is 17.9 Å². The third-order valence-corrected chi connectivity index (χ3v) is 9.07. The molecule has 6 heteroatoms. The quantitative estimate of drug-likeness (QED) is 0.0202. The first-order valence-electron chi connectivity index (χ1n) is 23.3. The van der Waals surface area contributed by atoms with Crippen LogP contribution in [0.1, 0.15) is 168 Å². The molecule has 0 spiro atoms. The van der Waals surface area contributed by atoms with E-state index in [1.165, 1.54) is 12.8 Å². The highest BCUT2D eigenvalue weighted by Gasteiger charge is 2.19. The van der Waals surface area contributed by atoms with Gasteiger partial charge in [-0.05, 0) is 89.9 Å². The Labute approximate surface area is 366 Å². The number of ether oxygens (including phenoxy) is 3. The Balaban J connectivity index is 4.56. The summed E-state index contributed by atoms with van der Waals surface area (Å²) in [7, 11) is 0. The predicted octanol–water partition coefficient (Wildman–Crippen LogP) is 15.1. The first-order chi connectivity index (χ1) is 29.5. The van der Waals surface area contributed by atoms with Crippen molar-refractivity contribution in [3.63, 3.8) is 0 Å². The van der Waals surface area contributed by atoms with Gasteiger partial charge in [-0.2, -0.15) is 0 Å². The lowest BCUT2D eigenvalue weighted by molar-refractivity contribution is -0.167. The number of carbonyl (C=O) groups is 3. The molecule has 0 aromatic heterocycles. The molecular weight excluding hydrogens is 745 g/mol. The van der Waals surface area contributed by atoms with Crippen molar-refractivity contribution in [1.82, 2.24) is 0 Å². The molecule has 0 N–H and O–H groups in total. The van der Waals surface area contributed by atoms with Crippen molar-refractivity contribution < 1.29 is 28.6 Å². The van der Waals surface area contributed by atoms with Gasteiger partial charge in [-0.1, -0.05) is 193 Å². The summed E-state index contributed by atoms with van der Waals surface area (Å²) in [5.74, 6) is -1.03. The molecule has 334 valence electrons. The standard InChI is InChI=1S/C54H82O6/c1-4-7-10-13-16-19-22-25-26-27-30-32-35-38-41-44-47-53(56)59-50-51(60-54(57)48-45-42-39-36-33-29-24-21-18-15-12-9-6-3)49-58-52(55)46-43-40-37-34-31-28-23-20-17-14-11-8-5-2/h7-12,14-21,23-26,28-29,31,33,51H,4-6,13,22,27,30,32,34-50H2,1-3H3/b10-7-,11-8-,12-9-,17-14-,18-15-,19-16-,23-20-,24-21-,26-25-,31-28-,33-29-. The predicted molar refractivity (Wildman–Crippen MR) is 256 cm³/mol. The molecule has 0 bridgehead atoms. The molecule has 0 radical (unpaired) electrons. The van der Waals surface area contributed by atoms with Crippen LogP contribution in [-0.2, 0) is 28.6 Å². The minimum absolute atomic E-state index is 0.120. The van der Waals surface area contributed by atoms with Gasteiger partial charge in [-0.25, -0.2) is 0 Å². The number of hydrogen-bond acceptors (Lipinski definition) is 6. The summed E-state index contributed by atoms with van der Waals surface area (Å²) < 4.78 is 16.7. The third kappa shape index (κ3) is 44.6.